The van der Waals surface area contributed by atoms with Gasteiger partial charge in [-0.25, -0.2) is 9.97 Å². The SMILES string of the molecule is Cc1nc(CNCc2cccnc2OC(C)C)oc1C. The predicted molar refractivity (Wildman–Crippen MR) is 76.5 cm³/mol. The first-order valence-corrected chi connectivity index (χ1v) is 6.80. The van der Waals surface area contributed by atoms with Crippen LogP contribution >= 0.6 is 0 Å². The van der Waals surface area contributed by atoms with Crippen LogP contribution in [0.5, 0.6) is 5.88 Å². The fourth-order valence-electron chi connectivity index (χ4n) is 1.81. The largest absolute Gasteiger partial charge is 0.475 e. The number of aryl methyl sites for hydroxylation is 2. The van der Waals surface area contributed by atoms with E-state index in [4.69, 9.17) is 9.15 Å². The molecule has 0 saturated heterocycles. The normalized spacial score (nSPS) is 11.1. The molecule has 0 fully saturated rings. The topological polar surface area (TPSA) is 60.2 Å². The quantitative estimate of drug-likeness (QED) is 0.878. The van der Waals surface area contributed by atoms with Crippen LogP contribution < -0.4 is 10.1 Å². The third kappa shape index (κ3) is 3.81. The lowest BCUT2D eigenvalue weighted by Crippen LogP contribution is -2.16. The van der Waals surface area contributed by atoms with Gasteiger partial charge in [0.25, 0.3) is 0 Å². The maximum absolute atomic E-state index is 5.68. The Morgan fingerprint density at radius 1 is 1.30 bits per heavy atom. The fourth-order valence-corrected chi connectivity index (χ4v) is 1.81. The van der Waals surface area contributed by atoms with Crippen molar-refractivity contribution in [1.82, 2.24) is 15.3 Å². The van der Waals surface area contributed by atoms with Gasteiger partial charge in [-0.05, 0) is 33.8 Å². The van der Waals surface area contributed by atoms with E-state index in [-0.39, 0.29) is 6.10 Å². The molecule has 2 heterocycles. The third-order valence-corrected chi connectivity index (χ3v) is 2.86. The minimum Gasteiger partial charge on any atom is -0.475 e. The number of pyridine rings is 1. The minimum absolute atomic E-state index is 0.112. The first-order valence-electron chi connectivity index (χ1n) is 6.80. The van der Waals surface area contributed by atoms with Crippen LogP contribution in [-0.4, -0.2) is 16.1 Å². The summed E-state index contributed by atoms with van der Waals surface area (Å²) in [6.07, 6.45) is 1.85. The molecule has 108 valence electrons. The van der Waals surface area contributed by atoms with Gasteiger partial charge in [0.2, 0.25) is 11.8 Å². The van der Waals surface area contributed by atoms with Crippen molar-refractivity contribution in [2.24, 2.45) is 0 Å². The van der Waals surface area contributed by atoms with Gasteiger partial charge in [-0.3, -0.25) is 0 Å². The summed E-state index contributed by atoms with van der Waals surface area (Å²) >= 11 is 0. The zero-order valence-corrected chi connectivity index (χ0v) is 12.4. The summed E-state index contributed by atoms with van der Waals surface area (Å²) in [7, 11) is 0. The monoisotopic (exact) mass is 275 g/mol. The van der Waals surface area contributed by atoms with Gasteiger partial charge in [0, 0.05) is 18.3 Å². The number of rotatable bonds is 6. The van der Waals surface area contributed by atoms with Crippen molar-refractivity contribution in [1.29, 1.82) is 0 Å². The molecular formula is C15H21N3O2. The Labute approximate surface area is 119 Å². The number of nitrogens with one attached hydrogen (secondary N) is 1. The van der Waals surface area contributed by atoms with E-state index in [2.05, 4.69) is 15.3 Å². The molecule has 0 bridgehead atoms. The van der Waals surface area contributed by atoms with E-state index < -0.39 is 0 Å². The number of oxazole rings is 1. The van der Waals surface area contributed by atoms with Crippen molar-refractivity contribution < 1.29 is 9.15 Å². The molecule has 0 aromatic carbocycles. The summed E-state index contributed by atoms with van der Waals surface area (Å²) in [6.45, 7) is 9.09. The second-order valence-corrected chi connectivity index (χ2v) is 4.99. The molecule has 0 unspecified atom stereocenters. The zero-order valence-electron chi connectivity index (χ0n) is 12.4. The number of nitrogens with zero attached hydrogens (tertiary/aromatic N) is 2. The van der Waals surface area contributed by atoms with Gasteiger partial charge in [-0.1, -0.05) is 6.07 Å². The van der Waals surface area contributed by atoms with E-state index in [1.807, 2.05) is 39.8 Å². The second kappa shape index (κ2) is 6.52. The molecule has 2 aromatic heterocycles. The van der Waals surface area contributed by atoms with Gasteiger partial charge in [0.05, 0.1) is 18.3 Å². The summed E-state index contributed by atoms with van der Waals surface area (Å²) in [5, 5.41) is 3.30. The Balaban J connectivity index is 1.93. The molecule has 5 heteroatoms. The molecule has 0 aliphatic carbocycles. The lowest BCUT2D eigenvalue weighted by Gasteiger charge is -2.12. The minimum atomic E-state index is 0.112. The summed E-state index contributed by atoms with van der Waals surface area (Å²) in [5.74, 6) is 2.25. The smallest absolute Gasteiger partial charge is 0.218 e. The molecule has 1 N–H and O–H groups in total. The van der Waals surface area contributed by atoms with Crippen LogP contribution in [0.15, 0.2) is 22.7 Å². The first-order chi connectivity index (χ1) is 9.56. The van der Waals surface area contributed by atoms with Gasteiger partial charge in [-0.2, -0.15) is 0 Å². The van der Waals surface area contributed by atoms with Crippen LogP contribution in [0.25, 0.3) is 0 Å². The highest BCUT2D eigenvalue weighted by molar-refractivity contribution is 5.25. The molecular weight excluding hydrogens is 254 g/mol. The van der Waals surface area contributed by atoms with Gasteiger partial charge >= 0.3 is 0 Å². The van der Waals surface area contributed by atoms with Gasteiger partial charge in [0.15, 0.2) is 0 Å². The summed E-state index contributed by atoms with van der Waals surface area (Å²) in [6, 6.07) is 3.91. The van der Waals surface area contributed by atoms with Crippen molar-refractivity contribution in [3.05, 3.63) is 41.2 Å². The number of hydrogen-bond acceptors (Lipinski definition) is 5. The van der Waals surface area contributed by atoms with Gasteiger partial charge < -0.3 is 14.5 Å². The molecule has 0 spiro atoms. The Bertz CT molecular complexity index is 544. The Morgan fingerprint density at radius 3 is 2.75 bits per heavy atom. The van der Waals surface area contributed by atoms with Gasteiger partial charge in [0.1, 0.15) is 5.76 Å². The van der Waals surface area contributed by atoms with Crippen molar-refractivity contribution >= 4 is 0 Å². The van der Waals surface area contributed by atoms with E-state index in [9.17, 15) is 0 Å². The molecule has 0 saturated carbocycles. The summed E-state index contributed by atoms with van der Waals surface area (Å²) in [4.78, 5) is 8.60. The molecule has 2 rings (SSSR count). The van der Waals surface area contributed by atoms with Crippen molar-refractivity contribution in [2.45, 2.75) is 46.9 Å². The van der Waals surface area contributed by atoms with Crippen molar-refractivity contribution in [3.8, 4) is 5.88 Å². The van der Waals surface area contributed by atoms with Crippen LogP contribution in [0.4, 0.5) is 0 Å². The maximum Gasteiger partial charge on any atom is 0.218 e. The first kappa shape index (κ1) is 14.5. The van der Waals surface area contributed by atoms with Crippen LogP contribution in [0.3, 0.4) is 0 Å². The number of aromatic nitrogens is 2. The van der Waals surface area contributed by atoms with E-state index in [1.54, 1.807) is 6.20 Å². The van der Waals surface area contributed by atoms with E-state index in [1.165, 1.54) is 0 Å². The molecule has 5 nitrogen and oxygen atoms in total. The highest BCUT2D eigenvalue weighted by Crippen LogP contribution is 2.16. The lowest BCUT2D eigenvalue weighted by atomic mass is 10.2. The molecule has 20 heavy (non-hydrogen) atoms. The lowest BCUT2D eigenvalue weighted by molar-refractivity contribution is 0.229. The predicted octanol–water partition coefficient (Wildman–Crippen LogP) is 2.76. The highest BCUT2D eigenvalue weighted by Gasteiger charge is 2.08. The third-order valence-electron chi connectivity index (χ3n) is 2.86. The second-order valence-electron chi connectivity index (χ2n) is 4.99. The zero-order chi connectivity index (χ0) is 14.5. The molecule has 0 aliphatic rings. The molecule has 2 aromatic rings. The molecule has 0 amide bonds. The fraction of sp³-hybridized carbons (Fsp3) is 0.467. The van der Waals surface area contributed by atoms with E-state index in [0.717, 1.165) is 17.0 Å². The maximum atomic E-state index is 5.68. The van der Waals surface area contributed by atoms with Crippen LogP contribution in [0.1, 0.15) is 36.8 Å². The van der Waals surface area contributed by atoms with Crippen molar-refractivity contribution in [2.75, 3.05) is 0 Å². The molecule has 0 radical (unpaired) electrons. The van der Waals surface area contributed by atoms with E-state index in [0.29, 0.717) is 24.9 Å². The van der Waals surface area contributed by atoms with Crippen LogP contribution in [0.2, 0.25) is 0 Å². The average Bonchev–Trinajstić information content (AvgIpc) is 2.70. The number of ether oxygens (including phenoxy) is 1. The Hall–Kier alpha value is -1.88. The average molecular weight is 275 g/mol. The standard InChI is InChI=1S/C15H21N3O2/c1-10(2)19-15-13(6-5-7-17-15)8-16-9-14-18-11(3)12(4)20-14/h5-7,10,16H,8-9H2,1-4H3. The molecule has 0 aliphatic heterocycles. The van der Waals surface area contributed by atoms with Crippen molar-refractivity contribution in [3.63, 3.8) is 0 Å². The molecule has 0 atom stereocenters. The van der Waals surface area contributed by atoms with Crippen LogP contribution in [0, 0.1) is 13.8 Å². The highest BCUT2D eigenvalue weighted by atomic mass is 16.5. The van der Waals surface area contributed by atoms with E-state index >= 15 is 0 Å². The van der Waals surface area contributed by atoms with Gasteiger partial charge in [-0.15, -0.1) is 0 Å². The summed E-state index contributed by atoms with van der Waals surface area (Å²) in [5.41, 5.74) is 1.97. The summed E-state index contributed by atoms with van der Waals surface area (Å²) < 4.78 is 11.2. The number of hydrogen-bond donors (Lipinski definition) is 1. The van der Waals surface area contributed by atoms with Crippen LogP contribution in [-0.2, 0) is 13.1 Å². The Kier molecular flexibility index (Phi) is 4.74. The Morgan fingerprint density at radius 2 is 2.10 bits per heavy atom.